The van der Waals surface area contributed by atoms with Crippen molar-refractivity contribution >= 4 is 5.97 Å². The summed E-state index contributed by atoms with van der Waals surface area (Å²) in [7, 11) is 0. The fourth-order valence-electron chi connectivity index (χ4n) is 1.83. The molecule has 0 aliphatic rings. The molecule has 0 saturated carbocycles. The predicted molar refractivity (Wildman–Crippen MR) is 74.0 cm³/mol. The van der Waals surface area contributed by atoms with E-state index in [0.717, 1.165) is 12.1 Å². The van der Waals surface area contributed by atoms with Crippen LogP contribution in [0, 0.1) is 20.2 Å². The topological polar surface area (TPSA) is 113 Å². The molecule has 0 radical (unpaired) electrons. The molecule has 0 saturated heterocycles. The Balaban J connectivity index is 2.48. The van der Waals surface area contributed by atoms with Crippen LogP contribution in [0.25, 0.3) is 0 Å². The summed E-state index contributed by atoms with van der Waals surface area (Å²) in [4.78, 5) is 32.2. The number of carbonyl (C=O) groups excluding carboxylic acids is 1. The Morgan fingerprint density at radius 1 is 0.864 bits per heavy atom. The van der Waals surface area contributed by atoms with Gasteiger partial charge in [0.25, 0.3) is 0 Å². The third kappa shape index (κ3) is 2.62. The first-order chi connectivity index (χ1) is 10.5. The molecule has 8 heteroatoms. The molecule has 0 aromatic heterocycles. The van der Waals surface area contributed by atoms with Crippen molar-refractivity contribution in [2.24, 2.45) is 0 Å². The lowest BCUT2D eigenvalue weighted by atomic mass is 10.1. The van der Waals surface area contributed by atoms with Gasteiger partial charge < -0.3 is 4.74 Å². The highest BCUT2D eigenvalue weighted by Crippen LogP contribution is 2.28. The molecule has 2 rings (SSSR count). The van der Waals surface area contributed by atoms with Crippen LogP contribution in [0.3, 0.4) is 0 Å². The van der Waals surface area contributed by atoms with Crippen LogP contribution in [0.2, 0.25) is 0 Å². The minimum Gasteiger partial charge on any atom is -0.329 e. The first-order valence-corrected chi connectivity index (χ1v) is 6.11. The molecule has 8 nitrogen and oxygen atoms in total. The molecule has 0 N–H and O–H groups in total. The van der Waals surface area contributed by atoms with Crippen molar-refractivity contribution in [3.8, 4) is 0 Å². The van der Waals surface area contributed by atoms with Crippen LogP contribution in [0.1, 0.15) is 15.9 Å². The molecule has 0 fully saturated rings. The maximum Gasteiger partial charge on any atom is 0.651 e. The predicted octanol–water partition coefficient (Wildman–Crippen LogP) is 2.21. The summed E-state index contributed by atoms with van der Waals surface area (Å²) >= 11 is 0. The molecule has 0 bridgehead atoms. The van der Waals surface area contributed by atoms with Crippen LogP contribution in [0.5, 0.6) is 0 Å². The molecule has 0 atom stereocenters. The van der Waals surface area contributed by atoms with Crippen molar-refractivity contribution in [1.29, 1.82) is 0 Å². The molecule has 0 aliphatic carbocycles. The second-order valence-corrected chi connectivity index (χ2v) is 4.24. The second kappa shape index (κ2) is 6.00. The largest absolute Gasteiger partial charge is 0.651 e. The molecule has 0 heterocycles. The van der Waals surface area contributed by atoms with E-state index in [-0.39, 0.29) is 11.1 Å². The fraction of sp³-hybridized carbons (Fsp3) is 0.0714. The third-order valence-corrected chi connectivity index (χ3v) is 2.89. The Kier molecular flexibility index (Phi) is 4.12. The fourth-order valence-corrected chi connectivity index (χ4v) is 1.83. The van der Waals surface area contributed by atoms with Crippen molar-refractivity contribution in [1.82, 2.24) is 0 Å². The van der Waals surface area contributed by atoms with E-state index in [1.807, 2.05) is 0 Å². The maximum atomic E-state index is 12.0. The summed E-state index contributed by atoms with van der Waals surface area (Å²) in [5.41, 5.74) is -0.374. The highest BCUT2D eigenvalue weighted by Gasteiger charge is 2.63. The van der Waals surface area contributed by atoms with Crippen molar-refractivity contribution in [3.63, 3.8) is 0 Å². The SMILES string of the molecule is O=C(OC(c1ccccc1)([N+](=O)[O-])[N+](=O)[O-])c1ccccc1. The Morgan fingerprint density at radius 2 is 1.32 bits per heavy atom. The smallest absolute Gasteiger partial charge is 0.329 e. The molecular formula is C14H10N2O6. The van der Waals surface area contributed by atoms with Crippen molar-refractivity contribution in [2.45, 2.75) is 5.85 Å². The quantitative estimate of drug-likeness (QED) is 0.362. The van der Waals surface area contributed by atoms with E-state index < -0.39 is 21.7 Å². The van der Waals surface area contributed by atoms with Gasteiger partial charge in [-0.1, -0.05) is 36.4 Å². The van der Waals surface area contributed by atoms with Gasteiger partial charge in [-0.15, -0.1) is 0 Å². The lowest BCUT2D eigenvalue weighted by Crippen LogP contribution is -2.47. The zero-order chi connectivity index (χ0) is 16.2. The molecule has 0 amide bonds. The number of rotatable bonds is 5. The Hall–Kier alpha value is -3.29. The molecule has 2 aromatic carbocycles. The van der Waals surface area contributed by atoms with Crippen LogP contribution in [0.15, 0.2) is 60.7 Å². The summed E-state index contributed by atoms with van der Waals surface area (Å²) in [5.74, 6) is -4.34. The summed E-state index contributed by atoms with van der Waals surface area (Å²) in [6.45, 7) is 0. The molecular weight excluding hydrogens is 292 g/mol. The summed E-state index contributed by atoms with van der Waals surface area (Å²) in [6.07, 6.45) is 0. The average Bonchev–Trinajstić information content (AvgIpc) is 2.53. The van der Waals surface area contributed by atoms with E-state index in [1.165, 1.54) is 42.5 Å². The van der Waals surface area contributed by atoms with Gasteiger partial charge in [0.2, 0.25) is 0 Å². The lowest BCUT2D eigenvalue weighted by Gasteiger charge is -2.16. The summed E-state index contributed by atoms with van der Waals surface area (Å²) in [6, 6.07) is 14.0. The second-order valence-electron chi connectivity index (χ2n) is 4.24. The molecule has 22 heavy (non-hydrogen) atoms. The molecule has 0 aliphatic heterocycles. The van der Waals surface area contributed by atoms with E-state index >= 15 is 0 Å². The zero-order valence-corrected chi connectivity index (χ0v) is 11.1. The normalized spacial score (nSPS) is 10.7. The number of nitro groups is 2. The van der Waals surface area contributed by atoms with Crippen molar-refractivity contribution in [2.75, 3.05) is 0 Å². The number of esters is 1. The third-order valence-electron chi connectivity index (χ3n) is 2.89. The van der Waals surface area contributed by atoms with Crippen LogP contribution in [0.4, 0.5) is 0 Å². The van der Waals surface area contributed by atoms with Gasteiger partial charge in [0, 0.05) is 0 Å². The molecule has 0 spiro atoms. The zero-order valence-electron chi connectivity index (χ0n) is 11.1. The minimum absolute atomic E-state index is 0.0218. The molecule has 2 aromatic rings. The number of carbonyl (C=O) groups is 1. The summed E-state index contributed by atoms with van der Waals surface area (Å²) < 4.78 is 4.70. The van der Waals surface area contributed by atoms with Crippen LogP contribution in [-0.2, 0) is 10.6 Å². The summed E-state index contributed by atoms with van der Waals surface area (Å²) in [5, 5.41) is 22.6. The monoisotopic (exact) mass is 302 g/mol. The van der Waals surface area contributed by atoms with E-state index in [9.17, 15) is 25.0 Å². The number of nitrogens with zero attached hydrogens (tertiary/aromatic N) is 2. The number of hydrogen-bond donors (Lipinski definition) is 0. The van der Waals surface area contributed by atoms with Crippen LogP contribution in [-0.4, -0.2) is 15.8 Å². The van der Waals surface area contributed by atoms with E-state index in [0.29, 0.717) is 0 Å². The van der Waals surface area contributed by atoms with E-state index in [4.69, 9.17) is 4.74 Å². The lowest BCUT2D eigenvalue weighted by molar-refractivity contribution is -0.858. The first kappa shape index (κ1) is 15.1. The van der Waals surface area contributed by atoms with Gasteiger partial charge in [-0.3, -0.25) is 20.2 Å². The van der Waals surface area contributed by atoms with Crippen molar-refractivity contribution in [3.05, 3.63) is 92.0 Å². The van der Waals surface area contributed by atoms with E-state index in [2.05, 4.69) is 0 Å². The van der Waals surface area contributed by atoms with Gasteiger partial charge in [-0.05, 0) is 24.3 Å². The van der Waals surface area contributed by atoms with Gasteiger partial charge in [0.05, 0.1) is 5.56 Å². The van der Waals surface area contributed by atoms with Crippen LogP contribution < -0.4 is 0 Å². The van der Waals surface area contributed by atoms with Gasteiger partial charge in [-0.25, -0.2) is 4.79 Å². The van der Waals surface area contributed by atoms with Crippen LogP contribution >= 0.6 is 0 Å². The number of ether oxygens (including phenoxy) is 1. The van der Waals surface area contributed by atoms with Gasteiger partial charge >= 0.3 is 11.8 Å². The number of hydrogen-bond acceptors (Lipinski definition) is 6. The highest BCUT2D eigenvalue weighted by molar-refractivity contribution is 5.89. The average molecular weight is 302 g/mol. The van der Waals surface area contributed by atoms with E-state index in [1.54, 1.807) is 6.07 Å². The van der Waals surface area contributed by atoms with Crippen molar-refractivity contribution < 1.29 is 19.4 Å². The maximum absolute atomic E-state index is 12.0. The molecule has 0 unspecified atom stereocenters. The Morgan fingerprint density at radius 3 is 1.77 bits per heavy atom. The Bertz CT molecular complexity index is 688. The van der Waals surface area contributed by atoms with Gasteiger partial charge in [0.1, 0.15) is 9.85 Å². The Labute approximate surface area is 124 Å². The van der Waals surface area contributed by atoms with Gasteiger partial charge in [-0.2, -0.15) is 0 Å². The highest BCUT2D eigenvalue weighted by atomic mass is 16.8. The number of benzene rings is 2. The van der Waals surface area contributed by atoms with Gasteiger partial charge in [0.15, 0.2) is 5.56 Å². The molecule has 112 valence electrons. The minimum atomic E-state index is -3.19. The standard InChI is InChI=1S/C14H10N2O6/c17-13(11-7-3-1-4-8-11)22-14(15(18)19,16(20)21)12-9-5-2-6-10-12/h1-10H. The first-order valence-electron chi connectivity index (χ1n) is 6.11.